The van der Waals surface area contributed by atoms with Crippen LogP contribution in [-0.4, -0.2) is 22.4 Å². The van der Waals surface area contributed by atoms with Gasteiger partial charge in [-0.2, -0.15) is 0 Å². The Morgan fingerprint density at radius 2 is 2.46 bits per heavy atom. The Labute approximate surface area is 74.9 Å². The molecule has 0 saturated heterocycles. The van der Waals surface area contributed by atoms with Gasteiger partial charge in [0, 0.05) is 18.8 Å². The summed E-state index contributed by atoms with van der Waals surface area (Å²) >= 11 is 0. The predicted octanol–water partition coefficient (Wildman–Crippen LogP) is -0.148. The third-order valence-electron chi connectivity index (χ3n) is 1.38. The van der Waals surface area contributed by atoms with Crippen LogP contribution in [0.4, 0.5) is 0 Å². The third kappa shape index (κ3) is 2.98. The molecule has 5 nitrogen and oxygen atoms in total. The highest BCUT2D eigenvalue weighted by atomic mass is 16.1. The molecular weight excluding hydrogens is 170 g/mol. The van der Waals surface area contributed by atoms with Gasteiger partial charge in [0.05, 0.1) is 5.69 Å². The number of imidazole rings is 1. The number of carbonyl (C=O) groups is 1. The Kier molecular flexibility index (Phi) is 3.08. The maximum absolute atomic E-state index is 10.9. The second kappa shape index (κ2) is 4.30. The molecule has 0 fully saturated rings. The highest BCUT2D eigenvalue weighted by Gasteiger charge is 1.92. The SMILES string of the molecule is CCNC(=O)/C=C\c1c[nH]c(=O)[nH]1. The molecule has 0 aliphatic heterocycles. The first kappa shape index (κ1) is 9.31. The van der Waals surface area contributed by atoms with Gasteiger partial charge < -0.3 is 15.3 Å². The molecule has 0 radical (unpaired) electrons. The molecule has 0 unspecified atom stereocenters. The van der Waals surface area contributed by atoms with Gasteiger partial charge in [-0.1, -0.05) is 0 Å². The van der Waals surface area contributed by atoms with Gasteiger partial charge in [0.2, 0.25) is 5.91 Å². The second-order valence-corrected chi connectivity index (χ2v) is 2.43. The summed E-state index contributed by atoms with van der Waals surface area (Å²) in [5, 5.41) is 2.59. The van der Waals surface area contributed by atoms with E-state index in [1.165, 1.54) is 18.3 Å². The number of H-pyrrole nitrogens is 2. The largest absolute Gasteiger partial charge is 0.353 e. The van der Waals surface area contributed by atoms with Crippen molar-refractivity contribution in [2.75, 3.05) is 6.54 Å². The Morgan fingerprint density at radius 1 is 1.69 bits per heavy atom. The average molecular weight is 181 g/mol. The van der Waals surface area contributed by atoms with Crippen molar-refractivity contribution in [3.63, 3.8) is 0 Å². The Hall–Kier alpha value is -1.78. The summed E-state index contributed by atoms with van der Waals surface area (Å²) in [7, 11) is 0. The first-order valence-electron chi connectivity index (χ1n) is 3.96. The molecule has 13 heavy (non-hydrogen) atoms. The van der Waals surface area contributed by atoms with Crippen LogP contribution in [0, 0.1) is 0 Å². The predicted molar refractivity (Wildman–Crippen MR) is 49.1 cm³/mol. The average Bonchev–Trinajstić information content (AvgIpc) is 2.49. The topological polar surface area (TPSA) is 77.8 Å². The van der Waals surface area contributed by atoms with Gasteiger partial charge >= 0.3 is 5.69 Å². The zero-order chi connectivity index (χ0) is 9.68. The van der Waals surface area contributed by atoms with E-state index in [0.717, 1.165) is 0 Å². The number of rotatable bonds is 3. The molecule has 1 amide bonds. The molecule has 3 N–H and O–H groups in total. The molecule has 0 atom stereocenters. The van der Waals surface area contributed by atoms with E-state index in [9.17, 15) is 9.59 Å². The lowest BCUT2D eigenvalue weighted by molar-refractivity contribution is -0.116. The number of nitrogens with one attached hydrogen (secondary N) is 3. The minimum Gasteiger partial charge on any atom is -0.353 e. The van der Waals surface area contributed by atoms with Crippen molar-refractivity contribution in [2.45, 2.75) is 6.92 Å². The molecule has 1 heterocycles. The monoisotopic (exact) mass is 181 g/mol. The van der Waals surface area contributed by atoms with Gasteiger partial charge in [-0.3, -0.25) is 4.79 Å². The molecular formula is C8H11N3O2. The minimum absolute atomic E-state index is 0.176. The summed E-state index contributed by atoms with van der Waals surface area (Å²) < 4.78 is 0. The summed E-state index contributed by atoms with van der Waals surface area (Å²) in [6, 6.07) is 0. The zero-order valence-corrected chi connectivity index (χ0v) is 7.26. The number of carbonyl (C=O) groups excluding carboxylic acids is 1. The van der Waals surface area contributed by atoms with E-state index >= 15 is 0 Å². The van der Waals surface area contributed by atoms with Crippen LogP contribution in [0.15, 0.2) is 17.1 Å². The Balaban J connectivity index is 2.58. The van der Waals surface area contributed by atoms with Crippen LogP contribution in [0.3, 0.4) is 0 Å². The zero-order valence-electron chi connectivity index (χ0n) is 7.26. The van der Waals surface area contributed by atoms with Crippen LogP contribution in [0.2, 0.25) is 0 Å². The number of hydrogen-bond donors (Lipinski definition) is 3. The second-order valence-electron chi connectivity index (χ2n) is 2.43. The highest BCUT2D eigenvalue weighted by Crippen LogP contribution is 1.90. The first-order chi connectivity index (χ1) is 6.22. The normalized spacial score (nSPS) is 10.5. The number of amides is 1. The lowest BCUT2D eigenvalue weighted by Crippen LogP contribution is -2.19. The van der Waals surface area contributed by atoms with Crippen molar-refractivity contribution in [3.05, 3.63) is 28.5 Å². The van der Waals surface area contributed by atoms with Crippen molar-refractivity contribution >= 4 is 12.0 Å². The summed E-state index contributed by atoms with van der Waals surface area (Å²) in [4.78, 5) is 26.5. The fourth-order valence-electron chi connectivity index (χ4n) is 0.835. The molecule has 0 spiro atoms. The smallest absolute Gasteiger partial charge is 0.323 e. The van der Waals surface area contributed by atoms with E-state index < -0.39 is 0 Å². The van der Waals surface area contributed by atoms with Gasteiger partial charge in [-0.05, 0) is 13.0 Å². The Morgan fingerprint density at radius 3 is 3.00 bits per heavy atom. The number of aromatic nitrogens is 2. The molecule has 0 aliphatic rings. The summed E-state index contributed by atoms with van der Waals surface area (Å²) in [6.07, 6.45) is 4.39. The molecule has 0 aromatic carbocycles. The number of aromatic amines is 2. The summed E-state index contributed by atoms with van der Waals surface area (Å²) in [5.74, 6) is -0.176. The lowest BCUT2D eigenvalue weighted by Gasteiger charge is -1.92. The van der Waals surface area contributed by atoms with Crippen LogP contribution >= 0.6 is 0 Å². The molecule has 0 aliphatic carbocycles. The van der Waals surface area contributed by atoms with Crippen molar-refractivity contribution in [2.24, 2.45) is 0 Å². The van der Waals surface area contributed by atoms with Crippen LogP contribution in [-0.2, 0) is 4.79 Å². The van der Waals surface area contributed by atoms with Crippen molar-refractivity contribution in [1.82, 2.24) is 15.3 Å². The summed E-state index contributed by atoms with van der Waals surface area (Å²) in [5.41, 5.74) is 0.298. The Bertz CT molecular complexity index is 361. The van der Waals surface area contributed by atoms with Gasteiger partial charge in [-0.25, -0.2) is 4.79 Å². The van der Waals surface area contributed by atoms with E-state index in [0.29, 0.717) is 12.2 Å². The molecule has 5 heteroatoms. The van der Waals surface area contributed by atoms with E-state index in [-0.39, 0.29) is 11.6 Å². The van der Waals surface area contributed by atoms with E-state index in [4.69, 9.17) is 0 Å². The van der Waals surface area contributed by atoms with Crippen LogP contribution in [0.5, 0.6) is 0 Å². The van der Waals surface area contributed by atoms with E-state index in [2.05, 4.69) is 15.3 Å². The highest BCUT2D eigenvalue weighted by molar-refractivity contribution is 5.91. The fourth-order valence-corrected chi connectivity index (χ4v) is 0.835. The molecule has 1 aromatic rings. The third-order valence-corrected chi connectivity index (χ3v) is 1.38. The standard InChI is InChI=1S/C8H11N3O2/c1-2-9-7(12)4-3-6-5-10-8(13)11-6/h3-5H,2H2,1H3,(H,9,12)(H2,10,11,13)/b4-3-. The van der Waals surface area contributed by atoms with Crippen molar-refractivity contribution in [3.8, 4) is 0 Å². The van der Waals surface area contributed by atoms with Gasteiger partial charge in [0.15, 0.2) is 0 Å². The van der Waals surface area contributed by atoms with Gasteiger partial charge in [0.1, 0.15) is 0 Å². The van der Waals surface area contributed by atoms with E-state index in [1.807, 2.05) is 6.92 Å². The first-order valence-corrected chi connectivity index (χ1v) is 3.96. The molecule has 1 aromatic heterocycles. The molecule has 0 saturated carbocycles. The van der Waals surface area contributed by atoms with Crippen LogP contribution in [0.1, 0.15) is 12.6 Å². The molecule has 1 rings (SSSR count). The lowest BCUT2D eigenvalue weighted by atomic mass is 10.4. The fraction of sp³-hybridized carbons (Fsp3) is 0.250. The van der Waals surface area contributed by atoms with Crippen molar-refractivity contribution in [1.29, 1.82) is 0 Å². The quantitative estimate of drug-likeness (QED) is 0.567. The summed E-state index contributed by atoms with van der Waals surface area (Å²) in [6.45, 7) is 2.43. The number of hydrogen-bond acceptors (Lipinski definition) is 2. The van der Waals surface area contributed by atoms with Crippen molar-refractivity contribution < 1.29 is 4.79 Å². The van der Waals surface area contributed by atoms with Gasteiger partial charge in [0.25, 0.3) is 0 Å². The molecule has 70 valence electrons. The van der Waals surface area contributed by atoms with Gasteiger partial charge in [-0.15, -0.1) is 0 Å². The maximum Gasteiger partial charge on any atom is 0.323 e. The van der Waals surface area contributed by atoms with Crippen LogP contribution in [0.25, 0.3) is 6.08 Å². The van der Waals surface area contributed by atoms with E-state index in [1.54, 1.807) is 0 Å². The minimum atomic E-state index is -0.282. The van der Waals surface area contributed by atoms with Crippen LogP contribution < -0.4 is 11.0 Å². The number of likely N-dealkylation sites (N-methyl/N-ethyl adjacent to an activating group) is 1. The maximum atomic E-state index is 10.9. The molecule has 0 bridgehead atoms.